The first-order valence-corrected chi connectivity index (χ1v) is 6.70. The van der Waals surface area contributed by atoms with Crippen molar-refractivity contribution in [2.45, 2.75) is 11.4 Å². The van der Waals surface area contributed by atoms with Gasteiger partial charge in [0.2, 0.25) is 10.0 Å². The third kappa shape index (κ3) is 3.12. The number of aromatic nitrogens is 4. The Morgan fingerprint density at radius 1 is 1.42 bits per heavy atom. The summed E-state index contributed by atoms with van der Waals surface area (Å²) in [6, 6.07) is 4.48. The summed E-state index contributed by atoms with van der Waals surface area (Å²) < 4.78 is 27.7. The van der Waals surface area contributed by atoms with Crippen LogP contribution in [-0.2, 0) is 23.6 Å². The molecule has 0 unspecified atom stereocenters. The first kappa shape index (κ1) is 13.1. The van der Waals surface area contributed by atoms with Crippen LogP contribution in [0.1, 0.15) is 11.5 Å². The van der Waals surface area contributed by atoms with Crippen LogP contribution in [0.15, 0.2) is 29.6 Å². The number of aryl methyl sites for hydroxylation is 1. The Labute approximate surface area is 109 Å². The van der Waals surface area contributed by atoms with E-state index >= 15 is 0 Å². The van der Waals surface area contributed by atoms with E-state index in [1.54, 1.807) is 7.05 Å². The number of rotatable bonds is 4. The first-order valence-electron chi connectivity index (χ1n) is 5.21. The minimum Gasteiger partial charge on any atom is -0.256 e. The van der Waals surface area contributed by atoms with Crippen LogP contribution in [0.5, 0.6) is 0 Å². The molecule has 2 heterocycles. The topological polar surface area (TPSA) is 114 Å². The van der Waals surface area contributed by atoms with Gasteiger partial charge >= 0.3 is 0 Å². The fraction of sp³-hybridized carbons (Fsp3) is 0.200. The number of nitriles is 1. The molecule has 2 aromatic rings. The van der Waals surface area contributed by atoms with E-state index in [0.29, 0.717) is 5.82 Å². The second-order valence-corrected chi connectivity index (χ2v) is 5.42. The average Bonchev–Trinajstić information content (AvgIpc) is 2.82. The van der Waals surface area contributed by atoms with Crippen LogP contribution in [0.4, 0.5) is 0 Å². The van der Waals surface area contributed by atoms with Crippen LogP contribution in [0.2, 0.25) is 0 Å². The third-order valence-corrected chi connectivity index (χ3v) is 3.62. The molecule has 1 N–H and O–H groups in total. The maximum Gasteiger partial charge on any atom is 0.242 e. The molecule has 0 spiro atoms. The first-order chi connectivity index (χ1) is 9.01. The highest BCUT2D eigenvalue weighted by atomic mass is 32.2. The van der Waals surface area contributed by atoms with Gasteiger partial charge in [-0.3, -0.25) is 4.68 Å². The standard InChI is InChI=1S/C10H10N6O2S/c1-16-7-13-10(15-16)6-14-19(17,18)9-3-2-8(4-11)12-5-9/h2-3,5,7,14H,6H2,1H3. The predicted octanol–water partition coefficient (Wildman–Crippen LogP) is -0.440. The Morgan fingerprint density at radius 3 is 2.74 bits per heavy atom. The molecule has 0 aliphatic heterocycles. The van der Waals surface area contributed by atoms with Crippen LogP contribution in [-0.4, -0.2) is 28.2 Å². The molecule has 9 heteroatoms. The molecule has 19 heavy (non-hydrogen) atoms. The zero-order valence-corrected chi connectivity index (χ0v) is 10.8. The van der Waals surface area contributed by atoms with E-state index < -0.39 is 10.0 Å². The molecule has 0 bridgehead atoms. The van der Waals surface area contributed by atoms with Gasteiger partial charge in [-0.25, -0.2) is 23.1 Å². The van der Waals surface area contributed by atoms with Crippen LogP contribution in [0, 0.1) is 11.3 Å². The van der Waals surface area contributed by atoms with Gasteiger partial charge in [0, 0.05) is 13.2 Å². The van der Waals surface area contributed by atoms with Crippen molar-refractivity contribution in [1.82, 2.24) is 24.5 Å². The maximum atomic E-state index is 11.9. The molecule has 0 aromatic carbocycles. The van der Waals surface area contributed by atoms with Gasteiger partial charge in [-0.15, -0.1) is 0 Å². The Morgan fingerprint density at radius 2 is 2.21 bits per heavy atom. The van der Waals surface area contributed by atoms with Crippen molar-refractivity contribution in [3.05, 3.63) is 36.2 Å². The third-order valence-electron chi connectivity index (χ3n) is 2.23. The molecule has 2 rings (SSSR count). The van der Waals surface area contributed by atoms with Crippen molar-refractivity contribution >= 4 is 10.0 Å². The molecule has 98 valence electrons. The number of nitrogens with zero attached hydrogens (tertiary/aromatic N) is 5. The molecule has 0 amide bonds. The highest BCUT2D eigenvalue weighted by Gasteiger charge is 2.15. The average molecular weight is 278 g/mol. The predicted molar refractivity (Wildman–Crippen MR) is 64.0 cm³/mol. The Hall–Kier alpha value is -2.31. The van der Waals surface area contributed by atoms with E-state index in [-0.39, 0.29) is 17.1 Å². The summed E-state index contributed by atoms with van der Waals surface area (Å²) in [5.41, 5.74) is 0.158. The quantitative estimate of drug-likeness (QED) is 0.811. The molecule has 0 fully saturated rings. The van der Waals surface area contributed by atoms with Crippen LogP contribution in [0.3, 0.4) is 0 Å². The van der Waals surface area contributed by atoms with E-state index in [4.69, 9.17) is 5.26 Å². The lowest BCUT2D eigenvalue weighted by molar-refractivity contribution is 0.578. The Balaban J connectivity index is 2.11. The van der Waals surface area contributed by atoms with E-state index in [2.05, 4.69) is 19.8 Å². The van der Waals surface area contributed by atoms with Gasteiger partial charge < -0.3 is 0 Å². The second-order valence-electron chi connectivity index (χ2n) is 3.65. The zero-order chi connectivity index (χ0) is 13.9. The van der Waals surface area contributed by atoms with Gasteiger partial charge in [-0.1, -0.05) is 0 Å². The van der Waals surface area contributed by atoms with Gasteiger partial charge in [0.25, 0.3) is 0 Å². The number of nitrogens with one attached hydrogen (secondary N) is 1. The van der Waals surface area contributed by atoms with E-state index in [9.17, 15) is 8.42 Å². The van der Waals surface area contributed by atoms with Crippen LogP contribution < -0.4 is 4.72 Å². The fourth-order valence-corrected chi connectivity index (χ4v) is 2.24. The van der Waals surface area contributed by atoms with Crippen molar-refractivity contribution in [2.24, 2.45) is 7.05 Å². The summed E-state index contributed by atoms with van der Waals surface area (Å²) in [5, 5.41) is 12.5. The lowest BCUT2D eigenvalue weighted by atomic mass is 10.4. The molecule has 0 radical (unpaired) electrons. The molecule has 0 atom stereocenters. The molecule has 0 aliphatic rings. The molecular weight excluding hydrogens is 268 g/mol. The SMILES string of the molecule is Cn1cnc(CNS(=O)(=O)c2ccc(C#N)nc2)n1. The number of hydrogen-bond donors (Lipinski definition) is 1. The van der Waals surface area contributed by atoms with Crippen molar-refractivity contribution in [2.75, 3.05) is 0 Å². The normalized spacial score (nSPS) is 11.2. The van der Waals surface area contributed by atoms with E-state index in [1.165, 1.54) is 23.1 Å². The van der Waals surface area contributed by atoms with Crippen LogP contribution in [0.25, 0.3) is 0 Å². The Kier molecular flexibility index (Phi) is 3.55. The van der Waals surface area contributed by atoms with Gasteiger partial charge in [-0.2, -0.15) is 10.4 Å². The summed E-state index contributed by atoms with van der Waals surface area (Å²) in [6.07, 6.45) is 2.61. The molecule has 0 saturated carbocycles. The van der Waals surface area contributed by atoms with Crippen LogP contribution >= 0.6 is 0 Å². The minimum absolute atomic E-state index is 0.0107. The largest absolute Gasteiger partial charge is 0.256 e. The summed E-state index contributed by atoms with van der Waals surface area (Å²) in [4.78, 5) is 7.60. The monoisotopic (exact) mass is 278 g/mol. The number of sulfonamides is 1. The smallest absolute Gasteiger partial charge is 0.242 e. The summed E-state index contributed by atoms with van der Waals surface area (Å²) in [7, 11) is -2.00. The molecule has 2 aromatic heterocycles. The second kappa shape index (κ2) is 5.13. The van der Waals surface area contributed by atoms with Gasteiger partial charge in [0.15, 0.2) is 5.82 Å². The summed E-state index contributed by atoms with van der Waals surface area (Å²) >= 11 is 0. The fourth-order valence-electron chi connectivity index (χ4n) is 1.31. The van der Waals surface area contributed by atoms with Crippen molar-refractivity contribution in [3.8, 4) is 6.07 Å². The maximum absolute atomic E-state index is 11.9. The van der Waals surface area contributed by atoms with Crippen molar-refractivity contribution < 1.29 is 8.42 Å². The number of pyridine rings is 1. The van der Waals surface area contributed by atoms with Gasteiger partial charge in [0.05, 0.1) is 6.54 Å². The lowest BCUT2D eigenvalue weighted by Gasteiger charge is -2.04. The van der Waals surface area contributed by atoms with Gasteiger partial charge in [0.1, 0.15) is 23.0 Å². The Bertz CT molecular complexity index is 713. The lowest BCUT2D eigenvalue weighted by Crippen LogP contribution is -2.24. The summed E-state index contributed by atoms with van der Waals surface area (Å²) in [6.45, 7) is -0.0107. The van der Waals surface area contributed by atoms with Crippen molar-refractivity contribution in [3.63, 3.8) is 0 Å². The zero-order valence-electron chi connectivity index (χ0n) is 9.98. The van der Waals surface area contributed by atoms with Gasteiger partial charge in [-0.05, 0) is 12.1 Å². The highest BCUT2D eigenvalue weighted by Crippen LogP contribution is 2.07. The molecule has 0 saturated heterocycles. The van der Waals surface area contributed by atoms with Crippen molar-refractivity contribution in [1.29, 1.82) is 5.26 Å². The minimum atomic E-state index is -3.69. The highest BCUT2D eigenvalue weighted by molar-refractivity contribution is 7.89. The summed E-state index contributed by atoms with van der Waals surface area (Å²) in [5.74, 6) is 0.368. The molecule has 0 aliphatic carbocycles. The number of hydrogen-bond acceptors (Lipinski definition) is 6. The molecular formula is C10H10N6O2S. The van der Waals surface area contributed by atoms with E-state index in [0.717, 1.165) is 6.20 Å². The molecule has 8 nitrogen and oxygen atoms in total. The van der Waals surface area contributed by atoms with E-state index in [1.807, 2.05) is 6.07 Å².